The quantitative estimate of drug-likeness (QED) is 0.870. The van der Waals surface area contributed by atoms with Crippen LogP contribution < -0.4 is 4.74 Å². The molecule has 23 heavy (non-hydrogen) atoms. The molecular weight excluding hydrogens is 302 g/mol. The highest BCUT2D eigenvalue weighted by Gasteiger charge is 2.22. The van der Waals surface area contributed by atoms with Crippen molar-refractivity contribution >= 4 is 11.6 Å². The maximum absolute atomic E-state index is 13.4. The number of carbonyl (C=O) groups excluding carboxylic acids is 1. The first-order valence-corrected chi connectivity index (χ1v) is 7.14. The number of amides is 1. The van der Waals surface area contributed by atoms with Gasteiger partial charge in [-0.2, -0.15) is 5.10 Å². The van der Waals surface area contributed by atoms with Crippen molar-refractivity contribution in [3.05, 3.63) is 65.7 Å². The van der Waals surface area contributed by atoms with Gasteiger partial charge >= 0.3 is 0 Å². The molecule has 0 aromatic heterocycles. The van der Waals surface area contributed by atoms with E-state index in [0.717, 1.165) is 23.4 Å². The second-order valence-corrected chi connectivity index (χ2v) is 5.04. The van der Waals surface area contributed by atoms with E-state index in [2.05, 4.69) is 5.10 Å². The van der Waals surface area contributed by atoms with Gasteiger partial charge in [0.1, 0.15) is 5.82 Å². The molecule has 0 bridgehead atoms. The van der Waals surface area contributed by atoms with Gasteiger partial charge in [0, 0.05) is 12.5 Å². The van der Waals surface area contributed by atoms with E-state index in [1.807, 2.05) is 30.3 Å². The number of rotatable bonds is 4. The van der Waals surface area contributed by atoms with Crippen LogP contribution in [-0.2, 0) is 4.79 Å². The van der Waals surface area contributed by atoms with Gasteiger partial charge in [-0.1, -0.05) is 30.3 Å². The third-order valence-electron chi connectivity index (χ3n) is 3.44. The Bertz CT molecular complexity index is 748. The lowest BCUT2D eigenvalue weighted by Crippen LogP contribution is -2.29. The Morgan fingerprint density at radius 2 is 1.96 bits per heavy atom. The summed E-state index contributed by atoms with van der Waals surface area (Å²) >= 11 is 0. The van der Waals surface area contributed by atoms with Crippen molar-refractivity contribution in [3.63, 3.8) is 0 Å². The minimum Gasteiger partial charge on any atom is -0.481 e. The average molecular weight is 316 g/mol. The number of benzene rings is 2. The molecule has 0 radical (unpaired) electrons. The minimum absolute atomic E-state index is 0.161. The van der Waals surface area contributed by atoms with E-state index in [9.17, 15) is 13.6 Å². The Morgan fingerprint density at radius 1 is 1.17 bits per heavy atom. The van der Waals surface area contributed by atoms with E-state index in [4.69, 9.17) is 4.74 Å². The minimum atomic E-state index is -0.840. The maximum Gasteiger partial charge on any atom is 0.280 e. The Morgan fingerprint density at radius 3 is 2.70 bits per heavy atom. The van der Waals surface area contributed by atoms with Crippen LogP contribution in [0.3, 0.4) is 0 Å². The SMILES string of the molecule is O=C(COc1ccc(F)cc1F)N1CCC(c2ccccc2)=N1. The zero-order valence-corrected chi connectivity index (χ0v) is 12.2. The smallest absolute Gasteiger partial charge is 0.280 e. The van der Waals surface area contributed by atoms with Crippen LogP contribution in [0.4, 0.5) is 8.78 Å². The zero-order chi connectivity index (χ0) is 16.2. The summed E-state index contributed by atoms with van der Waals surface area (Å²) in [6.45, 7) is 0.104. The van der Waals surface area contributed by atoms with Gasteiger partial charge in [0.25, 0.3) is 5.91 Å². The number of hydrazone groups is 1. The van der Waals surface area contributed by atoms with E-state index in [1.54, 1.807) is 0 Å². The predicted molar refractivity (Wildman–Crippen MR) is 81.2 cm³/mol. The van der Waals surface area contributed by atoms with E-state index < -0.39 is 11.6 Å². The topological polar surface area (TPSA) is 41.9 Å². The van der Waals surface area contributed by atoms with Crippen LogP contribution in [0.15, 0.2) is 53.6 Å². The van der Waals surface area contributed by atoms with Crippen molar-refractivity contribution in [1.29, 1.82) is 0 Å². The van der Waals surface area contributed by atoms with Crippen LogP contribution in [-0.4, -0.2) is 29.8 Å². The standard InChI is InChI=1S/C17H14F2N2O2/c18-13-6-7-16(14(19)10-13)23-11-17(22)21-9-8-15(20-21)12-4-2-1-3-5-12/h1-7,10H,8-9,11H2. The molecule has 4 nitrogen and oxygen atoms in total. The molecule has 1 aliphatic rings. The molecule has 1 heterocycles. The van der Waals surface area contributed by atoms with Gasteiger partial charge < -0.3 is 4.74 Å². The normalized spacial score (nSPS) is 13.8. The van der Waals surface area contributed by atoms with Crippen molar-refractivity contribution in [2.45, 2.75) is 6.42 Å². The van der Waals surface area contributed by atoms with Gasteiger partial charge in [-0.05, 0) is 17.7 Å². The summed E-state index contributed by atoms with van der Waals surface area (Å²) in [5, 5.41) is 5.58. The van der Waals surface area contributed by atoms with Crippen molar-refractivity contribution in [1.82, 2.24) is 5.01 Å². The zero-order valence-electron chi connectivity index (χ0n) is 12.2. The second kappa shape index (κ2) is 6.56. The van der Waals surface area contributed by atoms with E-state index in [-0.39, 0.29) is 18.3 Å². The van der Waals surface area contributed by atoms with Gasteiger partial charge in [0.15, 0.2) is 18.2 Å². The lowest BCUT2D eigenvalue weighted by Gasteiger charge is -2.12. The summed E-state index contributed by atoms with van der Waals surface area (Å²) in [6.07, 6.45) is 0.653. The summed E-state index contributed by atoms with van der Waals surface area (Å²) in [7, 11) is 0. The lowest BCUT2D eigenvalue weighted by atomic mass is 10.1. The number of ether oxygens (including phenoxy) is 1. The van der Waals surface area contributed by atoms with Crippen LogP contribution in [0, 0.1) is 11.6 Å². The molecule has 2 aromatic rings. The number of carbonyl (C=O) groups is 1. The van der Waals surface area contributed by atoms with Crippen LogP contribution >= 0.6 is 0 Å². The van der Waals surface area contributed by atoms with E-state index >= 15 is 0 Å². The molecule has 0 fully saturated rings. The number of halogens is 2. The van der Waals surface area contributed by atoms with Crippen LogP contribution in [0.2, 0.25) is 0 Å². The van der Waals surface area contributed by atoms with Gasteiger partial charge in [-0.3, -0.25) is 4.79 Å². The maximum atomic E-state index is 13.4. The summed E-state index contributed by atoms with van der Waals surface area (Å²) < 4.78 is 31.4. The first kappa shape index (κ1) is 15.1. The summed E-state index contributed by atoms with van der Waals surface area (Å²) in [5.41, 5.74) is 1.79. The highest BCUT2D eigenvalue weighted by atomic mass is 19.1. The molecule has 118 valence electrons. The highest BCUT2D eigenvalue weighted by Crippen LogP contribution is 2.18. The lowest BCUT2D eigenvalue weighted by molar-refractivity contribution is -0.132. The molecule has 0 spiro atoms. The molecule has 0 aliphatic carbocycles. The van der Waals surface area contributed by atoms with E-state index in [1.165, 1.54) is 5.01 Å². The van der Waals surface area contributed by atoms with Gasteiger partial charge in [-0.15, -0.1) is 0 Å². The molecular formula is C17H14F2N2O2. The molecule has 0 unspecified atom stereocenters. The fourth-order valence-corrected chi connectivity index (χ4v) is 2.28. The van der Waals surface area contributed by atoms with Crippen molar-refractivity contribution in [2.75, 3.05) is 13.2 Å². The predicted octanol–water partition coefficient (Wildman–Crippen LogP) is 2.98. The molecule has 0 N–H and O–H groups in total. The van der Waals surface area contributed by atoms with Crippen molar-refractivity contribution < 1.29 is 18.3 Å². The van der Waals surface area contributed by atoms with Crippen LogP contribution in [0.5, 0.6) is 5.75 Å². The Hall–Kier alpha value is -2.76. The first-order valence-electron chi connectivity index (χ1n) is 7.14. The third-order valence-corrected chi connectivity index (χ3v) is 3.44. The summed E-state index contributed by atoms with van der Waals surface area (Å²) in [4.78, 5) is 12.1. The van der Waals surface area contributed by atoms with Crippen LogP contribution in [0.25, 0.3) is 0 Å². The largest absolute Gasteiger partial charge is 0.481 e. The third kappa shape index (κ3) is 3.53. The molecule has 1 aliphatic heterocycles. The van der Waals surface area contributed by atoms with Crippen LogP contribution in [0.1, 0.15) is 12.0 Å². The molecule has 0 saturated carbocycles. The molecule has 6 heteroatoms. The first-order chi connectivity index (χ1) is 11.1. The van der Waals surface area contributed by atoms with Gasteiger partial charge in [0.05, 0.1) is 12.3 Å². The Kier molecular flexibility index (Phi) is 4.32. The Balaban J connectivity index is 1.62. The number of hydrogen-bond acceptors (Lipinski definition) is 3. The monoisotopic (exact) mass is 316 g/mol. The number of nitrogens with zero attached hydrogens (tertiary/aromatic N) is 2. The second-order valence-electron chi connectivity index (χ2n) is 5.04. The van der Waals surface area contributed by atoms with Crippen molar-refractivity contribution in [3.8, 4) is 5.75 Å². The molecule has 0 saturated heterocycles. The highest BCUT2D eigenvalue weighted by molar-refractivity contribution is 6.02. The van der Waals surface area contributed by atoms with Gasteiger partial charge in [-0.25, -0.2) is 13.8 Å². The Labute approximate surface area is 132 Å². The molecule has 1 amide bonds. The fraction of sp³-hybridized carbons (Fsp3) is 0.176. The fourth-order valence-electron chi connectivity index (χ4n) is 2.28. The van der Waals surface area contributed by atoms with Crippen molar-refractivity contribution in [2.24, 2.45) is 5.10 Å². The summed E-state index contributed by atoms with van der Waals surface area (Å²) in [5.74, 6) is -2.07. The number of hydrogen-bond donors (Lipinski definition) is 0. The average Bonchev–Trinajstić information content (AvgIpc) is 3.05. The molecule has 3 rings (SSSR count). The summed E-state index contributed by atoms with van der Waals surface area (Å²) in [6, 6.07) is 12.5. The van der Waals surface area contributed by atoms with E-state index in [0.29, 0.717) is 19.0 Å². The van der Waals surface area contributed by atoms with Gasteiger partial charge in [0.2, 0.25) is 0 Å². The molecule has 2 aromatic carbocycles. The molecule has 0 atom stereocenters.